The first kappa shape index (κ1) is 13.7. The highest BCUT2D eigenvalue weighted by Gasteiger charge is 2.19. The van der Waals surface area contributed by atoms with Gasteiger partial charge in [0.2, 0.25) is 0 Å². The van der Waals surface area contributed by atoms with Crippen molar-refractivity contribution in [2.24, 2.45) is 0 Å². The second-order valence-corrected chi connectivity index (χ2v) is 4.95. The molecule has 0 atom stereocenters. The molecule has 0 unspecified atom stereocenters. The highest BCUT2D eigenvalue weighted by atomic mass is 79.9. The van der Waals surface area contributed by atoms with Crippen molar-refractivity contribution >= 4 is 27.4 Å². The molecule has 0 bridgehead atoms. The topological polar surface area (TPSA) is 43.1 Å². The van der Waals surface area contributed by atoms with Crippen LogP contribution in [0.5, 0.6) is 0 Å². The third-order valence-electron chi connectivity index (χ3n) is 2.87. The maximum Gasteiger partial charge on any atom is 0.196 e. The normalized spacial score (nSPS) is 10.5. The van der Waals surface area contributed by atoms with E-state index in [4.69, 9.17) is 5.73 Å². The summed E-state index contributed by atoms with van der Waals surface area (Å²) in [6.45, 7) is 1.66. The Morgan fingerprint density at radius 3 is 2.53 bits per heavy atom. The fourth-order valence-electron chi connectivity index (χ4n) is 1.74. The van der Waals surface area contributed by atoms with Gasteiger partial charge in [0.05, 0.1) is 10.0 Å². The molecule has 0 heterocycles. The smallest absolute Gasteiger partial charge is 0.196 e. The minimum absolute atomic E-state index is 0.0224. The van der Waals surface area contributed by atoms with Crippen LogP contribution in [0.3, 0.4) is 0 Å². The van der Waals surface area contributed by atoms with Crippen LogP contribution >= 0.6 is 15.9 Å². The molecule has 0 saturated heterocycles. The highest BCUT2D eigenvalue weighted by Crippen LogP contribution is 2.24. The van der Waals surface area contributed by atoms with Gasteiger partial charge in [-0.1, -0.05) is 12.1 Å². The number of hydrogen-bond acceptors (Lipinski definition) is 2. The van der Waals surface area contributed by atoms with Gasteiger partial charge < -0.3 is 5.73 Å². The molecule has 0 spiro atoms. The van der Waals surface area contributed by atoms with E-state index >= 15 is 0 Å². The van der Waals surface area contributed by atoms with Gasteiger partial charge in [-0.05, 0) is 46.6 Å². The number of rotatable bonds is 2. The van der Waals surface area contributed by atoms with Gasteiger partial charge in [-0.3, -0.25) is 4.79 Å². The van der Waals surface area contributed by atoms with E-state index in [1.165, 1.54) is 6.07 Å². The van der Waals surface area contributed by atoms with Crippen LogP contribution in [0.2, 0.25) is 0 Å². The quantitative estimate of drug-likeness (QED) is 0.517. The van der Waals surface area contributed by atoms with Crippen molar-refractivity contribution in [1.82, 2.24) is 0 Å². The second-order valence-electron chi connectivity index (χ2n) is 4.10. The van der Waals surface area contributed by atoms with E-state index in [2.05, 4.69) is 15.9 Å². The lowest BCUT2D eigenvalue weighted by Crippen LogP contribution is -2.08. The van der Waals surface area contributed by atoms with Crippen molar-refractivity contribution in [3.05, 3.63) is 63.1 Å². The molecule has 0 aliphatic rings. The molecule has 2 aromatic carbocycles. The summed E-state index contributed by atoms with van der Waals surface area (Å²) in [5, 5.41) is 0. The zero-order chi connectivity index (χ0) is 14.2. The lowest BCUT2D eigenvalue weighted by atomic mass is 9.97. The van der Waals surface area contributed by atoms with E-state index in [-0.39, 0.29) is 15.6 Å². The summed E-state index contributed by atoms with van der Waals surface area (Å²) in [4.78, 5) is 12.2. The number of anilines is 1. The monoisotopic (exact) mass is 325 g/mol. The van der Waals surface area contributed by atoms with E-state index < -0.39 is 17.4 Å². The van der Waals surface area contributed by atoms with Crippen LogP contribution in [0.15, 0.2) is 34.8 Å². The van der Waals surface area contributed by atoms with Gasteiger partial charge in [0.15, 0.2) is 5.78 Å². The van der Waals surface area contributed by atoms with Gasteiger partial charge in [0.25, 0.3) is 0 Å². The lowest BCUT2D eigenvalue weighted by molar-refractivity contribution is 0.103. The minimum atomic E-state index is -0.778. The Kier molecular flexibility index (Phi) is 3.66. The van der Waals surface area contributed by atoms with Gasteiger partial charge in [0.1, 0.15) is 11.6 Å². The van der Waals surface area contributed by atoms with Crippen molar-refractivity contribution in [3.8, 4) is 0 Å². The summed E-state index contributed by atoms with van der Waals surface area (Å²) in [5.74, 6) is -2.06. The first-order chi connectivity index (χ1) is 8.91. The van der Waals surface area contributed by atoms with E-state index in [9.17, 15) is 13.6 Å². The van der Waals surface area contributed by atoms with Gasteiger partial charge >= 0.3 is 0 Å². The summed E-state index contributed by atoms with van der Waals surface area (Å²) < 4.78 is 27.2. The number of hydrogen-bond donors (Lipinski definition) is 1. The third-order valence-corrected chi connectivity index (χ3v) is 3.48. The maximum absolute atomic E-state index is 13.8. The van der Waals surface area contributed by atoms with Crippen LogP contribution in [0, 0.1) is 18.6 Å². The molecule has 2 nitrogen and oxygen atoms in total. The third kappa shape index (κ3) is 2.51. The second kappa shape index (κ2) is 5.09. The zero-order valence-corrected chi connectivity index (χ0v) is 11.6. The standard InChI is InChI=1S/C14H10BrF2NO/c1-7-8(3-2-4-13(7)18)14(19)9-5-12(17)10(15)6-11(9)16/h2-6H,18H2,1H3. The molecule has 98 valence electrons. The van der Waals surface area contributed by atoms with Crippen molar-refractivity contribution in [1.29, 1.82) is 0 Å². The predicted octanol–water partition coefficient (Wildman–Crippen LogP) is 3.85. The van der Waals surface area contributed by atoms with E-state index in [0.29, 0.717) is 11.3 Å². The van der Waals surface area contributed by atoms with E-state index in [1.54, 1.807) is 19.1 Å². The largest absolute Gasteiger partial charge is 0.398 e. The molecular formula is C14H10BrF2NO. The van der Waals surface area contributed by atoms with Crippen LogP contribution in [0.1, 0.15) is 21.5 Å². The van der Waals surface area contributed by atoms with Crippen LogP contribution in [0.4, 0.5) is 14.5 Å². The fourth-order valence-corrected chi connectivity index (χ4v) is 2.06. The first-order valence-corrected chi connectivity index (χ1v) is 6.25. The molecule has 0 radical (unpaired) electrons. The summed E-state index contributed by atoms with van der Waals surface area (Å²) in [5.41, 5.74) is 6.64. The summed E-state index contributed by atoms with van der Waals surface area (Å²) in [6.07, 6.45) is 0. The lowest BCUT2D eigenvalue weighted by Gasteiger charge is -2.08. The van der Waals surface area contributed by atoms with Crippen molar-refractivity contribution in [3.63, 3.8) is 0 Å². The van der Waals surface area contributed by atoms with Crippen LogP contribution < -0.4 is 5.73 Å². The number of nitrogens with two attached hydrogens (primary N) is 1. The number of carbonyl (C=O) groups excluding carboxylic acids is 1. The van der Waals surface area contributed by atoms with E-state index in [0.717, 1.165) is 12.1 Å². The molecule has 19 heavy (non-hydrogen) atoms. The Labute approximate surface area is 117 Å². The molecule has 2 aromatic rings. The predicted molar refractivity (Wildman–Crippen MR) is 73.1 cm³/mol. The van der Waals surface area contributed by atoms with Crippen molar-refractivity contribution in [2.75, 3.05) is 5.73 Å². The van der Waals surface area contributed by atoms with Crippen molar-refractivity contribution < 1.29 is 13.6 Å². The fraction of sp³-hybridized carbons (Fsp3) is 0.0714. The summed E-state index contributed by atoms with van der Waals surface area (Å²) >= 11 is 2.87. The maximum atomic E-state index is 13.8. The Morgan fingerprint density at radius 1 is 1.16 bits per heavy atom. The molecule has 0 saturated carbocycles. The van der Waals surface area contributed by atoms with Gasteiger partial charge in [-0.25, -0.2) is 8.78 Å². The van der Waals surface area contributed by atoms with Gasteiger partial charge in [-0.15, -0.1) is 0 Å². The molecule has 2 N–H and O–H groups in total. The van der Waals surface area contributed by atoms with Gasteiger partial charge in [0, 0.05) is 11.3 Å². The number of benzene rings is 2. The summed E-state index contributed by atoms with van der Waals surface area (Å²) in [6, 6.07) is 6.59. The number of halogens is 3. The average molecular weight is 326 g/mol. The molecule has 0 amide bonds. The molecule has 5 heteroatoms. The number of carbonyl (C=O) groups is 1. The molecule has 0 aliphatic carbocycles. The van der Waals surface area contributed by atoms with Crippen molar-refractivity contribution in [2.45, 2.75) is 6.92 Å². The Morgan fingerprint density at radius 2 is 1.84 bits per heavy atom. The molecule has 0 fully saturated rings. The van der Waals surface area contributed by atoms with Gasteiger partial charge in [-0.2, -0.15) is 0 Å². The molecule has 0 aromatic heterocycles. The molecule has 0 aliphatic heterocycles. The average Bonchev–Trinajstić information content (AvgIpc) is 2.36. The van der Waals surface area contributed by atoms with E-state index in [1.807, 2.05) is 0 Å². The van der Waals surface area contributed by atoms with Crippen LogP contribution in [-0.4, -0.2) is 5.78 Å². The molecule has 2 rings (SSSR count). The number of ketones is 1. The highest BCUT2D eigenvalue weighted by molar-refractivity contribution is 9.10. The zero-order valence-electron chi connectivity index (χ0n) is 10.0. The molecular weight excluding hydrogens is 316 g/mol. The number of nitrogen functional groups attached to an aromatic ring is 1. The Bertz CT molecular complexity index is 671. The Balaban J connectivity index is 2.56. The van der Waals surface area contributed by atoms with Crippen LogP contribution in [-0.2, 0) is 0 Å². The summed E-state index contributed by atoms with van der Waals surface area (Å²) in [7, 11) is 0. The SMILES string of the molecule is Cc1c(N)cccc1C(=O)c1cc(F)c(Br)cc1F. The Hall–Kier alpha value is -1.75. The minimum Gasteiger partial charge on any atom is -0.398 e. The first-order valence-electron chi connectivity index (χ1n) is 5.46. The van der Waals surface area contributed by atoms with Crippen LogP contribution in [0.25, 0.3) is 0 Å².